The van der Waals surface area contributed by atoms with Gasteiger partial charge in [-0.15, -0.1) is 0 Å². The van der Waals surface area contributed by atoms with Gasteiger partial charge in [0.2, 0.25) is 5.43 Å². The van der Waals surface area contributed by atoms with Crippen molar-refractivity contribution in [3.05, 3.63) is 60.1 Å². The first-order valence-electron chi connectivity index (χ1n) is 8.27. The number of amides is 1. The van der Waals surface area contributed by atoms with Gasteiger partial charge in [-0.3, -0.25) is 9.59 Å². The molecule has 1 heterocycles. The number of carbonyl (C=O) groups excluding carboxylic acids is 1. The molecule has 0 spiro atoms. The van der Waals surface area contributed by atoms with Gasteiger partial charge in [0.1, 0.15) is 28.7 Å². The summed E-state index contributed by atoms with van der Waals surface area (Å²) in [5, 5.41) is 2.78. The fraction of sp³-hybridized carbons (Fsp3) is 0.368. The van der Waals surface area contributed by atoms with Crippen LogP contribution in [0.5, 0.6) is 0 Å². The molecule has 1 N–H and O–H groups in total. The molecule has 5 nitrogen and oxygen atoms in total. The van der Waals surface area contributed by atoms with E-state index < -0.39 is 11.3 Å². The van der Waals surface area contributed by atoms with Gasteiger partial charge in [-0.1, -0.05) is 41.4 Å². The third-order valence-electron chi connectivity index (χ3n) is 4.06. The first kappa shape index (κ1) is 20.7. The molecule has 26 heavy (non-hydrogen) atoms. The Bertz CT molecular complexity index is 867. The summed E-state index contributed by atoms with van der Waals surface area (Å²) in [5.74, 6) is -0.142. The Labute approximate surface area is 165 Å². The van der Waals surface area contributed by atoms with E-state index in [1.807, 2.05) is 26.0 Å². The first-order chi connectivity index (χ1) is 12.3. The van der Waals surface area contributed by atoms with Gasteiger partial charge in [0.15, 0.2) is 0 Å². The molecular formula is C19H21BrClNO4. The van der Waals surface area contributed by atoms with Crippen molar-refractivity contribution in [3.63, 3.8) is 0 Å². The fourth-order valence-electron chi connectivity index (χ4n) is 2.76. The van der Waals surface area contributed by atoms with E-state index in [2.05, 4.69) is 21.2 Å². The van der Waals surface area contributed by atoms with Crippen LogP contribution in [0.15, 0.2) is 25.8 Å². The van der Waals surface area contributed by atoms with Gasteiger partial charge in [0, 0.05) is 17.3 Å². The summed E-state index contributed by atoms with van der Waals surface area (Å²) in [5.41, 5.74) is 1.96. The molecule has 7 heteroatoms. The number of nitrogens with one attached hydrogen (secondary N) is 1. The van der Waals surface area contributed by atoms with E-state index in [9.17, 15) is 9.59 Å². The Kier molecular flexibility index (Phi) is 7.03. The highest BCUT2D eigenvalue weighted by Gasteiger charge is 2.23. The average molecular weight is 443 g/mol. The van der Waals surface area contributed by atoms with Crippen LogP contribution in [0.4, 0.5) is 5.69 Å². The number of anilines is 1. The minimum Gasteiger partial charge on any atom is -0.461 e. The smallest absolute Gasteiger partial charge is 0.263 e. The number of rotatable bonds is 6. The zero-order valence-corrected chi connectivity index (χ0v) is 17.5. The highest BCUT2D eigenvalue weighted by Crippen LogP contribution is 2.28. The van der Waals surface area contributed by atoms with Crippen molar-refractivity contribution in [1.29, 1.82) is 0 Å². The normalized spacial score (nSPS) is 10.8. The summed E-state index contributed by atoms with van der Waals surface area (Å²) in [4.78, 5) is 25.5. The lowest BCUT2D eigenvalue weighted by Gasteiger charge is -2.16. The van der Waals surface area contributed by atoms with Crippen molar-refractivity contribution in [2.45, 2.75) is 40.2 Å². The maximum absolute atomic E-state index is 12.9. The van der Waals surface area contributed by atoms with Crippen LogP contribution in [-0.4, -0.2) is 13.0 Å². The highest BCUT2D eigenvalue weighted by atomic mass is 79.9. The van der Waals surface area contributed by atoms with E-state index >= 15 is 0 Å². The number of hydrogen-bond acceptors (Lipinski definition) is 4. The van der Waals surface area contributed by atoms with Crippen molar-refractivity contribution in [3.8, 4) is 0 Å². The first-order valence-corrected chi connectivity index (χ1v) is 9.44. The van der Waals surface area contributed by atoms with Gasteiger partial charge in [-0.05, 0) is 43.0 Å². The van der Waals surface area contributed by atoms with Crippen LogP contribution in [0, 0.1) is 6.92 Å². The minimum absolute atomic E-state index is 0.00237. The molecule has 0 saturated carbocycles. The molecule has 2 rings (SSSR count). The molecule has 0 radical (unpaired) electrons. The molecule has 2 aromatic rings. The second kappa shape index (κ2) is 8.84. The van der Waals surface area contributed by atoms with Gasteiger partial charge >= 0.3 is 0 Å². The molecule has 1 aromatic heterocycles. The molecular weight excluding hydrogens is 422 g/mol. The molecule has 1 aromatic carbocycles. The lowest BCUT2D eigenvalue weighted by Crippen LogP contribution is -2.26. The van der Waals surface area contributed by atoms with Crippen molar-refractivity contribution in [2.75, 3.05) is 12.4 Å². The van der Waals surface area contributed by atoms with Gasteiger partial charge in [0.25, 0.3) is 5.91 Å². The summed E-state index contributed by atoms with van der Waals surface area (Å²) >= 11 is 9.50. The SMILES string of the molecule is CCc1cc(Br)cc(CC)c1NC(=O)c1c(COC)oc(C)c(Cl)c1=O. The van der Waals surface area contributed by atoms with Gasteiger partial charge in [-0.25, -0.2) is 0 Å². The van der Waals surface area contributed by atoms with Crippen LogP contribution in [0.3, 0.4) is 0 Å². The minimum atomic E-state index is -0.562. The van der Waals surface area contributed by atoms with E-state index in [1.165, 1.54) is 7.11 Å². The molecule has 0 atom stereocenters. The second-order valence-electron chi connectivity index (χ2n) is 5.79. The second-order valence-corrected chi connectivity index (χ2v) is 7.09. The number of methoxy groups -OCH3 is 1. The monoisotopic (exact) mass is 441 g/mol. The molecule has 0 fully saturated rings. The molecule has 0 saturated heterocycles. The van der Waals surface area contributed by atoms with Crippen LogP contribution in [-0.2, 0) is 24.2 Å². The standard InChI is InChI=1S/C19H21BrClNO4/c1-5-11-7-13(20)8-12(6-2)17(11)22-19(24)15-14(9-25-4)26-10(3)16(21)18(15)23/h7-8H,5-6,9H2,1-4H3,(H,22,24). The maximum atomic E-state index is 12.9. The lowest BCUT2D eigenvalue weighted by atomic mass is 10.0. The zero-order valence-electron chi connectivity index (χ0n) is 15.2. The van der Waals surface area contributed by atoms with Gasteiger partial charge < -0.3 is 14.5 Å². The molecule has 1 amide bonds. The maximum Gasteiger partial charge on any atom is 0.263 e. The predicted molar refractivity (Wildman–Crippen MR) is 106 cm³/mol. The quantitative estimate of drug-likeness (QED) is 0.692. The van der Waals surface area contributed by atoms with E-state index in [-0.39, 0.29) is 28.7 Å². The number of aryl methyl sites for hydroxylation is 3. The molecule has 140 valence electrons. The number of benzene rings is 1. The summed E-state index contributed by atoms with van der Waals surface area (Å²) in [7, 11) is 1.46. The van der Waals surface area contributed by atoms with Crippen molar-refractivity contribution in [2.24, 2.45) is 0 Å². The molecule has 0 bridgehead atoms. The zero-order chi connectivity index (χ0) is 19.4. The molecule has 0 unspecified atom stereocenters. The Morgan fingerprint density at radius 1 is 1.27 bits per heavy atom. The Morgan fingerprint density at radius 2 is 1.85 bits per heavy atom. The van der Waals surface area contributed by atoms with Crippen molar-refractivity contribution >= 4 is 39.1 Å². The fourth-order valence-corrected chi connectivity index (χ4v) is 3.44. The van der Waals surface area contributed by atoms with Crippen LogP contribution in [0.2, 0.25) is 5.02 Å². The summed E-state index contributed by atoms with van der Waals surface area (Å²) < 4.78 is 11.5. The van der Waals surface area contributed by atoms with E-state index in [4.69, 9.17) is 20.8 Å². The molecule has 0 aliphatic rings. The van der Waals surface area contributed by atoms with Crippen molar-refractivity contribution < 1.29 is 13.9 Å². The number of halogens is 2. The topological polar surface area (TPSA) is 68.5 Å². The van der Waals surface area contributed by atoms with Crippen LogP contribution in [0.25, 0.3) is 0 Å². The largest absolute Gasteiger partial charge is 0.461 e. The van der Waals surface area contributed by atoms with Crippen molar-refractivity contribution in [1.82, 2.24) is 0 Å². The Hall–Kier alpha value is -1.63. The molecule has 0 aliphatic carbocycles. The van der Waals surface area contributed by atoms with Crippen LogP contribution in [0.1, 0.15) is 46.9 Å². The van der Waals surface area contributed by atoms with Gasteiger partial charge in [-0.2, -0.15) is 0 Å². The highest BCUT2D eigenvalue weighted by molar-refractivity contribution is 9.10. The predicted octanol–water partition coefficient (Wildman–Crippen LogP) is 4.89. The molecule has 0 aliphatic heterocycles. The average Bonchev–Trinajstić information content (AvgIpc) is 2.61. The van der Waals surface area contributed by atoms with E-state index in [0.717, 1.165) is 28.4 Å². The number of ether oxygens (including phenoxy) is 1. The number of carbonyl (C=O) groups is 1. The summed E-state index contributed by atoms with van der Waals surface area (Å²) in [6.45, 7) is 5.58. The van der Waals surface area contributed by atoms with E-state index in [1.54, 1.807) is 6.92 Å². The number of hydrogen-bond donors (Lipinski definition) is 1. The summed E-state index contributed by atoms with van der Waals surface area (Å²) in [6, 6.07) is 3.91. The van der Waals surface area contributed by atoms with Crippen LogP contribution >= 0.6 is 27.5 Å². The Balaban J connectivity index is 2.56. The van der Waals surface area contributed by atoms with Crippen LogP contribution < -0.4 is 10.7 Å². The van der Waals surface area contributed by atoms with E-state index in [0.29, 0.717) is 5.69 Å². The Morgan fingerprint density at radius 3 is 2.35 bits per heavy atom. The third-order valence-corrected chi connectivity index (χ3v) is 4.96. The van der Waals surface area contributed by atoms with Gasteiger partial charge in [0.05, 0.1) is 0 Å². The lowest BCUT2D eigenvalue weighted by molar-refractivity contribution is 0.101. The third kappa shape index (κ3) is 4.19. The summed E-state index contributed by atoms with van der Waals surface area (Å²) in [6.07, 6.45) is 1.46.